The van der Waals surface area contributed by atoms with Crippen molar-refractivity contribution in [1.82, 2.24) is 5.32 Å². The van der Waals surface area contributed by atoms with E-state index in [-0.39, 0.29) is 5.41 Å². The first-order valence-electron chi connectivity index (χ1n) is 7.31. The third kappa shape index (κ3) is 3.04. The quantitative estimate of drug-likeness (QED) is 0.864. The highest BCUT2D eigenvalue weighted by Gasteiger charge is 2.50. The zero-order valence-electron chi connectivity index (χ0n) is 11.3. The number of hydrogen-bond donors (Lipinski definition) is 1. The van der Waals surface area contributed by atoms with Gasteiger partial charge in [0.25, 0.3) is 0 Å². The number of carbonyl (C=O) groups is 1. The van der Waals surface area contributed by atoms with Crippen LogP contribution in [0.25, 0.3) is 0 Å². The summed E-state index contributed by atoms with van der Waals surface area (Å²) in [6.45, 7) is -1.05. The van der Waals surface area contributed by atoms with Crippen molar-refractivity contribution in [1.29, 1.82) is 0 Å². The lowest BCUT2D eigenvalue weighted by Crippen LogP contribution is -2.51. The molecule has 0 atom stereocenters. The monoisotopic (exact) mass is 291 g/mol. The molecule has 1 amide bonds. The molecule has 0 unspecified atom stereocenters. The Morgan fingerprint density at radius 1 is 1.10 bits per heavy atom. The van der Waals surface area contributed by atoms with Crippen molar-refractivity contribution in [3.63, 3.8) is 0 Å². The summed E-state index contributed by atoms with van der Waals surface area (Å²) in [6, 6.07) is 0. The molecule has 0 aromatic rings. The minimum atomic E-state index is -4.46. The van der Waals surface area contributed by atoms with Crippen LogP contribution in [0.4, 0.5) is 18.0 Å². The standard InChI is InChI=1S/C14H20F3NO2/c15-14(16,17)8-20-12(19)18-7-13-4-9-1-10(5-13)3-11(2-9)6-13/h9-11H,1-8H2,(H,18,19). The Labute approximate surface area is 116 Å². The molecule has 0 heterocycles. The Balaban J connectivity index is 1.50. The van der Waals surface area contributed by atoms with E-state index in [0.29, 0.717) is 6.54 Å². The van der Waals surface area contributed by atoms with Crippen LogP contribution in [0.3, 0.4) is 0 Å². The van der Waals surface area contributed by atoms with Crippen molar-refractivity contribution in [2.24, 2.45) is 23.2 Å². The van der Waals surface area contributed by atoms with E-state index in [1.54, 1.807) is 0 Å². The van der Waals surface area contributed by atoms with Crippen LogP contribution in [0.15, 0.2) is 0 Å². The van der Waals surface area contributed by atoms with E-state index in [0.717, 1.165) is 37.0 Å². The summed E-state index contributed by atoms with van der Waals surface area (Å²) in [7, 11) is 0. The van der Waals surface area contributed by atoms with Crippen molar-refractivity contribution in [2.45, 2.75) is 44.7 Å². The Morgan fingerprint density at radius 2 is 1.60 bits per heavy atom. The molecule has 114 valence electrons. The lowest BCUT2D eigenvalue weighted by Gasteiger charge is -2.56. The number of alkyl halides is 3. The first-order chi connectivity index (χ1) is 9.34. The summed E-state index contributed by atoms with van der Waals surface area (Å²) >= 11 is 0. The zero-order chi connectivity index (χ0) is 14.4. The second kappa shape index (κ2) is 4.81. The lowest BCUT2D eigenvalue weighted by molar-refractivity contribution is -0.160. The lowest BCUT2D eigenvalue weighted by atomic mass is 9.49. The zero-order valence-corrected chi connectivity index (χ0v) is 11.3. The second-order valence-electron chi connectivity index (χ2n) is 6.96. The van der Waals surface area contributed by atoms with Gasteiger partial charge >= 0.3 is 12.3 Å². The summed E-state index contributed by atoms with van der Waals surface area (Å²) in [5.74, 6) is 2.28. The summed E-state index contributed by atoms with van der Waals surface area (Å²) in [5.41, 5.74) is 0.117. The maximum Gasteiger partial charge on any atom is 0.422 e. The van der Waals surface area contributed by atoms with Gasteiger partial charge in [-0.15, -0.1) is 0 Å². The molecule has 0 spiro atoms. The summed E-state index contributed by atoms with van der Waals surface area (Å²) in [4.78, 5) is 11.3. The summed E-state index contributed by atoms with van der Waals surface area (Å²) in [5, 5.41) is 2.55. The molecule has 1 N–H and O–H groups in total. The van der Waals surface area contributed by atoms with Gasteiger partial charge in [0.1, 0.15) is 0 Å². The second-order valence-corrected chi connectivity index (χ2v) is 6.96. The highest BCUT2D eigenvalue weighted by molar-refractivity contribution is 5.67. The van der Waals surface area contributed by atoms with Gasteiger partial charge in [0.15, 0.2) is 6.61 Å². The maximum atomic E-state index is 12.0. The first kappa shape index (κ1) is 14.0. The third-order valence-corrected chi connectivity index (χ3v) is 5.14. The number of rotatable bonds is 3. The molecule has 3 nitrogen and oxygen atoms in total. The van der Waals surface area contributed by atoms with Gasteiger partial charge in [0.05, 0.1) is 0 Å². The van der Waals surface area contributed by atoms with Crippen molar-refractivity contribution in [3.05, 3.63) is 0 Å². The van der Waals surface area contributed by atoms with E-state index >= 15 is 0 Å². The van der Waals surface area contributed by atoms with Gasteiger partial charge in [0, 0.05) is 6.54 Å². The normalized spacial score (nSPS) is 38.9. The number of carbonyl (C=O) groups excluding carboxylic acids is 1. The van der Waals surface area contributed by atoms with E-state index in [1.807, 2.05) is 0 Å². The largest absolute Gasteiger partial charge is 0.440 e. The minimum absolute atomic E-state index is 0.117. The topological polar surface area (TPSA) is 38.3 Å². The molecule has 4 fully saturated rings. The minimum Gasteiger partial charge on any atom is -0.440 e. The Hall–Kier alpha value is -0.940. The number of nitrogens with one attached hydrogen (secondary N) is 1. The molecule has 4 saturated carbocycles. The molecule has 4 bridgehead atoms. The van der Waals surface area contributed by atoms with Crippen LogP contribution >= 0.6 is 0 Å². The van der Waals surface area contributed by atoms with Crippen molar-refractivity contribution in [3.8, 4) is 0 Å². The van der Waals surface area contributed by atoms with Gasteiger partial charge in [0.2, 0.25) is 0 Å². The van der Waals surface area contributed by atoms with Gasteiger partial charge in [-0.2, -0.15) is 13.2 Å². The molecule has 20 heavy (non-hydrogen) atoms. The van der Waals surface area contributed by atoms with Crippen molar-refractivity contribution < 1.29 is 22.7 Å². The van der Waals surface area contributed by atoms with E-state index in [2.05, 4.69) is 10.1 Å². The average molecular weight is 291 g/mol. The number of halogens is 3. The third-order valence-electron chi connectivity index (χ3n) is 5.14. The number of ether oxygens (including phenoxy) is 1. The van der Waals surface area contributed by atoms with E-state index in [9.17, 15) is 18.0 Å². The molecule has 6 heteroatoms. The predicted molar refractivity (Wildman–Crippen MR) is 66.0 cm³/mol. The molecular formula is C14H20F3NO2. The molecule has 0 aromatic heterocycles. The van der Waals surface area contributed by atoms with Crippen LogP contribution in [-0.4, -0.2) is 25.4 Å². The fraction of sp³-hybridized carbons (Fsp3) is 0.929. The highest BCUT2D eigenvalue weighted by atomic mass is 19.4. The smallest absolute Gasteiger partial charge is 0.422 e. The van der Waals surface area contributed by atoms with Crippen LogP contribution in [0, 0.1) is 23.2 Å². The van der Waals surface area contributed by atoms with Gasteiger partial charge in [-0.25, -0.2) is 4.79 Å². The van der Waals surface area contributed by atoms with E-state index < -0.39 is 18.9 Å². The Kier molecular flexibility index (Phi) is 3.37. The fourth-order valence-electron chi connectivity index (χ4n) is 4.96. The van der Waals surface area contributed by atoms with Gasteiger partial charge in [-0.1, -0.05) is 0 Å². The maximum absolute atomic E-state index is 12.0. The Morgan fingerprint density at radius 3 is 2.05 bits per heavy atom. The molecule has 0 saturated heterocycles. The van der Waals surface area contributed by atoms with Gasteiger partial charge in [-0.3, -0.25) is 0 Å². The number of amides is 1. The molecular weight excluding hydrogens is 271 g/mol. The summed E-state index contributed by atoms with van der Waals surface area (Å²) in [6.07, 6.45) is 1.83. The predicted octanol–water partition coefficient (Wildman–Crippen LogP) is 3.49. The molecule has 4 aliphatic rings. The van der Waals surface area contributed by atoms with Crippen LogP contribution in [0.2, 0.25) is 0 Å². The average Bonchev–Trinajstić information content (AvgIpc) is 2.31. The van der Waals surface area contributed by atoms with Gasteiger partial charge < -0.3 is 10.1 Å². The molecule has 0 radical (unpaired) electrons. The first-order valence-corrected chi connectivity index (χ1v) is 7.31. The Bertz CT molecular complexity index is 359. The van der Waals surface area contributed by atoms with Crippen LogP contribution in [0.5, 0.6) is 0 Å². The summed E-state index contributed by atoms with van der Waals surface area (Å²) < 4.78 is 40.1. The molecule has 4 rings (SSSR count). The SMILES string of the molecule is O=C(NCC12CC3CC(CC(C3)C1)C2)OCC(F)(F)F. The van der Waals surface area contributed by atoms with Crippen LogP contribution in [0.1, 0.15) is 38.5 Å². The van der Waals surface area contributed by atoms with Crippen LogP contribution < -0.4 is 5.32 Å². The molecule has 0 aromatic carbocycles. The number of hydrogen-bond acceptors (Lipinski definition) is 2. The fourth-order valence-corrected chi connectivity index (χ4v) is 4.96. The highest BCUT2D eigenvalue weighted by Crippen LogP contribution is 2.59. The van der Waals surface area contributed by atoms with Gasteiger partial charge in [-0.05, 0) is 61.7 Å². The van der Waals surface area contributed by atoms with E-state index in [4.69, 9.17) is 0 Å². The van der Waals surface area contributed by atoms with Crippen molar-refractivity contribution >= 4 is 6.09 Å². The van der Waals surface area contributed by atoms with E-state index in [1.165, 1.54) is 19.3 Å². The molecule has 0 aliphatic heterocycles. The van der Waals surface area contributed by atoms with Crippen LogP contribution in [-0.2, 0) is 4.74 Å². The number of alkyl carbamates (subject to hydrolysis) is 1. The van der Waals surface area contributed by atoms with Crippen molar-refractivity contribution in [2.75, 3.05) is 13.2 Å². The molecule has 4 aliphatic carbocycles.